The fourth-order valence-corrected chi connectivity index (χ4v) is 4.26. The van der Waals surface area contributed by atoms with Crippen molar-refractivity contribution in [2.45, 2.75) is 19.3 Å². The minimum absolute atomic E-state index is 0.0143. The Morgan fingerprint density at radius 3 is 2.71 bits per heavy atom. The quantitative estimate of drug-likeness (QED) is 0.670. The Labute approximate surface area is 101 Å². The summed E-state index contributed by atoms with van der Waals surface area (Å²) in [6, 6.07) is 2.18. The summed E-state index contributed by atoms with van der Waals surface area (Å²) in [6.07, 6.45) is 2.11. The van der Waals surface area contributed by atoms with Gasteiger partial charge in [0, 0.05) is 13.1 Å². The Kier molecular flexibility index (Phi) is 3.38. The summed E-state index contributed by atoms with van der Waals surface area (Å²) in [5.41, 5.74) is 0. The third kappa shape index (κ3) is 2.78. The highest BCUT2D eigenvalue weighted by Crippen LogP contribution is 2.24. The van der Waals surface area contributed by atoms with Gasteiger partial charge in [-0.25, -0.2) is 8.42 Å². The van der Waals surface area contributed by atoms with Crippen LogP contribution < -0.4 is 0 Å². The van der Waals surface area contributed by atoms with Gasteiger partial charge >= 0.3 is 0 Å². The highest BCUT2D eigenvalue weighted by atomic mass is 32.2. The fraction of sp³-hybridized carbons (Fsp3) is 0.818. The lowest BCUT2D eigenvalue weighted by molar-refractivity contribution is -0.136. The predicted octanol–water partition coefficient (Wildman–Crippen LogP) is 0.183. The zero-order valence-electron chi connectivity index (χ0n) is 9.63. The molecule has 2 heterocycles. The molecule has 0 radical (unpaired) electrons. The molecule has 0 aliphatic carbocycles. The highest BCUT2D eigenvalue weighted by Gasteiger charge is 2.36. The Bertz CT molecular complexity index is 452. The van der Waals surface area contributed by atoms with E-state index in [0.29, 0.717) is 19.5 Å². The fourth-order valence-electron chi connectivity index (χ4n) is 2.53. The molecule has 2 aliphatic rings. The minimum atomic E-state index is -3.01. The molecule has 1 amide bonds. The molecular formula is C11H16N2O3S. The monoisotopic (exact) mass is 256 g/mol. The topological polar surface area (TPSA) is 78.2 Å². The van der Waals surface area contributed by atoms with Crippen molar-refractivity contribution in [1.82, 2.24) is 4.90 Å². The number of carbonyl (C=O) groups is 1. The first-order chi connectivity index (χ1) is 8.02. The number of hydrogen-bond donors (Lipinski definition) is 0. The molecule has 0 N–H and O–H groups in total. The van der Waals surface area contributed by atoms with E-state index in [0.717, 1.165) is 12.8 Å². The maximum atomic E-state index is 12.1. The second kappa shape index (κ2) is 4.65. The lowest BCUT2D eigenvalue weighted by Gasteiger charge is -2.31. The second-order valence-corrected chi connectivity index (χ2v) is 7.08. The molecule has 0 saturated carbocycles. The zero-order valence-corrected chi connectivity index (χ0v) is 10.4. The molecule has 5 nitrogen and oxygen atoms in total. The number of piperidine rings is 1. The van der Waals surface area contributed by atoms with Crippen LogP contribution in [0, 0.1) is 23.2 Å². The van der Waals surface area contributed by atoms with Crippen molar-refractivity contribution in [3.8, 4) is 6.07 Å². The highest BCUT2D eigenvalue weighted by molar-refractivity contribution is 7.91. The molecule has 2 saturated heterocycles. The van der Waals surface area contributed by atoms with Crippen molar-refractivity contribution < 1.29 is 13.2 Å². The molecule has 0 aromatic heterocycles. The van der Waals surface area contributed by atoms with Crippen molar-refractivity contribution in [2.24, 2.45) is 11.8 Å². The summed E-state index contributed by atoms with van der Waals surface area (Å²) in [5.74, 6) is -0.437. The van der Waals surface area contributed by atoms with Crippen LogP contribution in [-0.2, 0) is 14.6 Å². The van der Waals surface area contributed by atoms with Gasteiger partial charge in [0.25, 0.3) is 0 Å². The standard InChI is InChI=1S/C11H16N2O3S/c12-6-9-2-1-4-13(7-9)11(14)10-3-5-17(15,16)8-10/h9-10H,1-5,7-8H2. The molecule has 0 aromatic rings. The number of nitrogens with zero attached hydrogens (tertiary/aromatic N) is 2. The van der Waals surface area contributed by atoms with Crippen LogP contribution in [0.2, 0.25) is 0 Å². The van der Waals surface area contributed by atoms with E-state index < -0.39 is 9.84 Å². The molecule has 2 fully saturated rings. The van der Waals surface area contributed by atoms with Gasteiger partial charge in [-0.3, -0.25) is 4.79 Å². The van der Waals surface area contributed by atoms with Gasteiger partial charge in [0.2, 0.25) is 5.91 Å². The van der Waals surface area contributed by atoms with Crippen LogP contribution in [0.15, 0.2) is 0 Å². The Morgan fingerprint density at radius 2 is 2.12 bits per heavy atom. The maximum Gasteiger partial charge on any atom is 0.226 e. The average Bonchev–Trinajstić information content (AvgIpc) is 2.69. The second-order valence-electron chi connectivity index (χ2n) is 4.85. The van der Waals surface area contributed by atoms with Crippen LogP contribution in [0.25, 0.3) is 0 Å². The molecule has 94 valence electrons. The molecule has 17 heavy (non-hydrogen) atoms. The third-order valence-electron chi connectivity index (χ3n) is 3.50. The van der Waals surface area contributed by atoms with Gasteiger partial charge in [-0.15, -0.1) is 0 Å². The first-order valence-electron chi connectivity index (χ1n) is 5.90. The number of likely N-dealkylation sites (tertiary alicyclic amines) is 1. The van der Waals surface area contributed by atoms with Crippen LogP contribution in [0.5, 0.6) is 0 Å². The molecule has 0 aromatic carbocycles. The summed E-state index contributed by atoms with van der Waals surface area (Å²) >= 11 is 0. The molecule has 0 bridgehead atoms. The first-order valence-corrected chi connectivity index (χ1v) is 7.73. The molecule has 2 aliphatic heterocycles. The first kappa shape index (κ1) is 12.4. The van der Waals surface area contributed by atoms with E-state index in [2.05, 4.69) is 6.07 Å². The number of nitriles is 1. The van der Waals surface area contributed by atoms with Gasteiger partial charge in [-0.05, 0) is 19.3 Å². The normalized spacial score (nSPS) is 32.1. The van der Waals surface area contributed by atoms with Crippen molar-refractivity contribution in [1.29, 1.82) is 5.26 Å². The van der Waals surface area contributed by atoms with Crippen LogP contribution >= 0.6 is 0 Å². The van der Waals surface area contributed by atoms with Crippen LogP contribution in [0.4, 0.5) is 0 Å². The number of hydrogen-bond acceptors (Lipinski definition) is 4. The third-order valence-corrected chi connectivity index (χ3v) is 5.27. The van der Waals surface area contributed by atoms with Gasteiger partial charge in [0.05, 0.1) is 29.4 Å². The molecule has 2 unspecified atom stereocenters. The van der Waals surface area contributed by atoms with Gasteiger partial charge in [-0.2, -0.15) is 5.26 Å². The van der Waals surface area contributed by atoms with E-state index in [9.17, 15) is 13.2 Å². The van der Waals surface area contributed by atoms with Crippen LogP contribution in [0.3, 0.4) is 0 Å². The van der Waals surface area contributed by atoms with E-state index in [1.807, 2.05) is 0 Å². The van der Waals surface area contributed by atoms with Crippen molar-refractivity contribution >= 4 is 15.7 Å². The largest absolute Gasteiger partial charge is 0.341 e. The average molecular weight is 256 g/mol. The Balaban J connectivity index is 1.99. The number of carbonyl (C=O) groups excluding carboxylic acids is 1. The zero-order chi connectivity index (χ0) is 12.5. The SMILES string of the molecule is N#CC1CCCN(C(=O)C2CCS(=O)(=O)C2)C1. The molecule has 2 rings (SSSR count). The molecule has 0 spiro atoms. The van der Waals surface area contributed by atoms with Gasteiger partial charge in [0.1, 0.15) is 0 Å². The lowest BCUT2D eigenvalue weighted by atomic mass is 9.97. The minimum Gasteiger partial charge on any atom is -0.341 e. The summed E-state index contributed by atoms with van der Waals surface area (Å²) in [6.45, 7) is 1.12. The molecule has 6 heteroatoms. The molecule has 2 atom stereocenters. The van der Waals surface area contributed by atoms with Gasteiger partial charge in [-0.1, -0.05) is 0 Å². The Hall–Kier alpha value is -1.09. The number of rotatable bonds is 1. The molecular weight excluding hydrogens is 240 g/mol. The number of amides is 1. The van der Waals surface area contributed by atoms with E-state index in [1.165, 1.54) is 0 Å². The van der Waals surface area contributed by atoms with E-state index in [-0.39, 0.29) is 29.2 Å². The van der Waals surface area contributed by atoms with Crippen LogP contribution in [0.1, 0.15) is 19.3 Å². The van der Waals surface area contributed by atoms with Crippen molar-refractivity contribution in [3.05, 3.63) is 0 Å². The van der Waals surface area contributed by atoms with Gasteiger partial charge in [0.15, 0.2) is 9.84 Å². The van der Waals surface area contributed by atoms with E-state index in [4.69, 9.17) is 5.26 Å². The summed E-state index contributed by atoms with van der Waals surface area (Å²) in [7, 11) is -3.01. The van der Waals surface area contributed by atoms with E-state index >= 15 is 0 Å². The van der Waals surface area contributed by atoms with E-state index in [1.54, 1.807) is 4.90 Å². The maximum absolute atomic E-state index is 12.1. The van der Waals surface area contributed by atoms with Crippen molar-refractivity contribution in [3.63, 3.8) is 0 Å². The predicted molar refractivity (Wildman–Crippen MR) is 61.7 cm³/mol. The lowest BCUT2D eigenvalue weighted by Crippen LogP contribution is -2.43. The smallest absolute Gasteiger partial charge is 0.226 e. The van der Waals surface area contributed by atoms with Crippen molar-refractivity contribution in [2.75, 3.05) is 24.6 Å². The summed E-state index contributed by atoms with van der Waals surface area (Å²) in [5, 5.41) is 8.86. The van der Waals surface area contributed by atoms with Gasteiger partial charge < -0.3 is 4.90 Å². The Morgan fingerprint density at radius 1 is 1.35 bits per heavy atom. The summed E-state index contributed by atoms with van der Waals surface area (Å²) in [4.78, 5) is 13.8. The number of sulfone groups is 1. The summed E-state index contributed by atoms with van der Waals surface area (Å²) < 4.78 is 22.7. The van der Waals surface area contributed by atoms with Crippen LogP contribution in [-0.4, -0.2) is 43.8 Å².